The van der Waals surface area contributed by atoms with E-state index in [0.717, 1.165) is 27.2 Å². The highest BCUT2D eigenvalue weighted by molar-refractivity contribution is 7.98. The average molecular weight is 297 g/mol. The summed E-state index contributed by atoms with van der Waals surface area (Å²) in [5, 5.41) is 11.1. The number of hydrogen-bond donors (Lipinski definition) is 2. The number of carbonyl (C=O) groups excluding carboxylic acids is 1. The Morgan fingerprint density at radius 3 is 2.81 bits per heavy atom. The number of aromatic amines is 1. The molecule has 21 heavy (non-hydrogen) atoms. The smallest absolute Gasteiger partial charge is 0.230 e. The first-order valence-electron chi connectivity index (χ1n) is 6.63. The van der Waals surface area contributed by atoms with E-state index in [0.29, 0.717) is 0 Å². The summed E-state index contributed by atoms with van der Waals surface area (Å²) in [5.74, 6) is -0.0501. The Hall–Kier alpha value is -2.27. The van der Waals surface area contributed by atoms with Crippen LogP contribution < -0.4 is 5.32 Å². The minimum absolute atomic E-state index is 0.0501. The van der Waals surface area contributed by atoms with E-state index in [2.05, 4.69) is 15.5 Å². The summed E-state index contributed by atoms with van der Waals surface area (Å²) in [7, 11) is 0. The first-order chi connectivity index (χ1) is 10.3. The van der Waals surface area contributed by atoms with Crippen LogP contribution in [0.5, 0.6) is 0 Å². The van der Waals surface area contributed by atoms with Crippen LogP contribution in [-0.4, -0.2) is 22.4 Å². The maximum Gasteiger partial charge on any atom is 0.230 e. The van der Waals surface area contributed by atoms with Gasteiger partial charge in [0, 0.05) is 10.3 Å². The van der Waals surface area contributed by atoms with Crippen LogP contribution in [0.4, 0.5) is 5.69 Å². The molecule has 1 aromatic heterocycles. The van der Waals surface area contributed by atoms with Gasteiger partial charge in [0.1, 0.15) is 0 Å². The molecule has 0 aliphatic rings. The SMILES string of the molecule is CSc1ccccc1NC(=O)Cc1[nH]nc2ccccc12. The van der Waals surface area contributed by atoms with Crippen LogP contribution in [0.15, 0.2) is 53.4 Å². The summed E-state index contributed by atoms with van der Waals surface area (Å²) in [6.45, 7) is 0. The highest BCUT2D eigenvalue weighted by Crippen LogP contribution is 2.25. The zero-order chi connectivity index (χ0) is 14.7. The fraction of sp³-hybridized carbons (Fsp3) is 0.125. The second kappa shape index (κ2) is 6.01. The van der Waals surface area contributed by atoms with Gasteiger partial charge in [-0.2, -0.15) is 5.10 Å². The molecular formula is C16H15N3OS. The number of H-pyrrole nitrogens is 1. The molecule has 1 heterocycles. The van der Waals surface area contributed by atoms with Gasteiger partial charge in [-0.25, -0.2) is 0 Å². The number of para-hydroxylation sites is 2. The van der Waals surface area contributed by atoms with Gasteiger partial charge in [0.25, 0.3) is 0 Å². The monoisotopic (exact) mass is 297 g/mol. The summed E-state index contributed by atoms with van der Waals surface area (Å²) in [6.07, 6.45) is 2.27. The Morgan fingerprint density at radius 2 is 1.95 bits per heavy atom. The van der Waals surface area contributed by atoms with Crippen molar-refractivity contribution in [3.63, 3.8) is 0 Å². The summed E-state index contributed by atoms with van der Waals surface area (Å²) >= 11 is 1.61. The second-order valence-electron chi connectivity index (χ2n) is 4.64. The molecule has 2 aromatic carbocycles. The highest BCUT2D eigenvalue weighted by atomic mass is 32.2. The highest BCUT2D eigenvalue weighted by Gasteiger charge is 2.11. The van der Waals surface area contributed by atoms with Crippen molar-refractivity contribution in [2.24, 2.45) is 0 Å². The van der Waals surface area contributed by atoms with Crippen molar-refractivity contribution in [1.29, 1.82) is 0 Å². The quantitative estimate of drug-likeness (QED) is 0.725. The van der Waals surface area contributed by atoms with Gasteiger partial charge in [0.15, 0.2) is 0 Å². The van der Waals surface area contributed by atoms with E-state index in [1.54, 1.807) is 11.8 Å². The number of nitrogens with one attached hydrogen (secondary N) is 2. The molecule has 106 valence electrons. The zero-order valence-corrected chi connectivity index (χ0v) is 12.4. The molecule has 0 saturated heterocycles. The number of rotatable bonds is 4. The molecular weight excluding hydrogens is 282 g/mol. The van der Waals surface area contributed by atoms with Gasteiger partial charge < -0.3 is 5.32 Å². The number of carbonyl (C=O) groups is 1. The van der Waals surface area contributed by atoms with Gasteiger partial charge in [0.05, 0.1) is 23.3 Å². The molecule has 1 amide bonds. The third-order valence-corrected chi connectivity index (χ3v) is 4.05. The fourth-order valence-corrected chi connectivity index (χ4v) is 2.81. The van der Waals surface area contributed by atoms with Crippen molar-refractivity contribution in [3.05, 3.63) is 54.2 Å². The largest absolute Gasteiger partial charge is 0.325 e. The van der Waals surface area contributed by atoms with Gasteiger partial charge in [-0.3, -0.25) is 9.89 Å². The van der Waals surface area contributed by atoms with E-state index in [4.69, 9.17) is 0 Å². The third kappa shape index (κ3) is 2.92. The molecule has 0 radical (unpaired) electrons. The molecule has 0 aliphatic carbocycles. The summed E-state index contributed by atoms with van der Waals surface area (Å²) in [6, 6.07) is 15.6. The molecule has 0 bridgehead atoms. The Bertz CT molecular complexity index is 782. The Kier molecular flexibility index (Phi) is 3.92. The molecule has 4 nitrogen and oxygen atoms in total. The third-order valence-electron chi connectivity index (χ3n) is 3.26. The lowest BCUT2D eigenvalue weighted by Crippen LogP contribution is -2.15. The first-order valence-corrected chi connectivity index (χ1v) is 7.85. The average Bonchev–Trinajstić information content (AvgIpc) is 2.91. The molecule has 0 saturated carbocycles. The van der Waals surface area contributed by atoms with Crippen LogP contribution in [0.3, 0.4) is 0 Å². The predicted molar refractivity (Wildman–Crippen MR) is 86.7 cm³/mol. The zero-order valence-electron chi connectivity index (χ0n) is 11.6. The molecule has 0 atom stereocenters. The van der Waals surface area contributed by atoms with E-state index in [1.165, 1.54) is 0 Å². The maximum absolute atomic E-state index is 12.2. The molecule has 3 aromatic rings. The lowest BCUT2D eigenvalue weighted by Gasteiger charge is -2.08. The van der Waals surface area contributed by atoms with Crippen LogP contribution in [-0.2, 0) is 11.2 Å². The molecule has 2 N–H and O–H groups in total. The number of anilines is 1. The van der Waals surface area contributed by atoms with Crippen LogP contribution in [0.2, 0.25) is 0 Å². The predicted octanol–water partition coefficient (Wildman–Crippen LogP) is 3.47. The molecule has 0 spiro atoms. The van der Waals surface area contributed by atoms with Gasteiger partial charge in [-0.05, 0) is 24.5 Å². The lowest BCUT2D eigenvalue weighted by atomic mass is 10.1. The summed E-state index contributed by atoms with van der Waals surface area (Å²) in [4.78, 5) is 13.3. The topological polar surface area (TPSA) is 57.8 Å². The van der Waals surface area contributed by atoms with Gasteiger partial charge in [-0.1, -0.05) is 30.3 Å². The van der Waals surface area contributed by atoms with E-state index >= 15 is 0 Å². The molecule has 0 aliphatic heterocycles. The minimum Gasteiger partial charge on any atom is -0.325 e. The van der Waals surface area contributed by atoms with Crippen LogP contribution in [0.25, 0.3) is 10.9 Å². The molecule has 5 heteroatoms. The number of benzene rings is 2. The van der Waals surface area contributed by atoms with E-state index in [9.17, 15) is 4.79 Å². The second-order valence-corrected chi connectivity index (χ2v) is 5.49. The van der Waals surface area contributed by atoms with Gasteiger partial charge in [0.2, 0.25) is 5.91 Å². The van der Waals surface area contributed by atoms with Crippen molar-refractivity contribution in [3.8, 4) is 0 Å². The van der Waals surface area contributed by atoms with Crippen molar-refractivity contribution in [1.82, 2.24) is 10.2 Å². The number of thioether (sulfide) groups is 1. The minimum atomic E-state index is -0.0501. The van der Waals surface area contributed by atoms with Gasteiger partial charge in [-0.15, -0.1) is 11.8 Å². The van der Waals surface area contributed by atoms with Crippen molar-refractivity contribution in [2.45, 2.75) is 11.3 Å². The Morgan fingerprint density at radius 1 is 1.19 bits per heavy atom. The molecule has 3 rings (SSSR count). The number of aromatic nitrogens is 2. The van der Waals surface area contributed by atoms with Crippen LogP contribution >= 0.6 is 11.8 Å². The van der Waals surface area contributed by atoms with E-state index in [1.807, 2.05) is 54.8 Å². The number of nitrogens with zero attached hydrogens (tertiary/aromatic N) is 1. The fourth-order valence-electron chi connectivity index (χ4n) is 2.25. The van der Waals surface area contributed by atoms with Crippen molar-refractivity contribution >= 4 is 34.3 Å². The van der Waals surface area contributed by atoms with Crippen LogP contribution in [0.1, 0.15) is 5.69 Å². The standard InChI is InChI=1S/C16H15N3OS/c1-21-15-9-5-4-8-13(15)17-16(20)10-14-11-6-2-3-7-12(11)18-19-14/h2-9H,10H2,1H3,(H,17,20)(H,18,19). The van der Waals surface area contributed by atoms with E-state index in [-0.39, 0.29) is 12.3 Å². The maximum atomic E-state index is 12.2. The van der Waals surface area contributed by atoms with Crippen molar-refractivity contribution in [2.75, 3.05) is 11.6 Å². The Labute approximate surface area is 126 Å². The normalized spacial score (nSPS) is 10.7. The Balaban J connectivity index is 1.77. The number of fused-ring (bicyclic) bond motifs is 1. The molecule has 0 fully saturated rings. The van der Waals surface area contributed by atoms with Gasteiger partial charge >= 0.3 is 0 Å². The summed E-state index contributed by atoms with van der Waals surface area (Å²) < 4.78 is 0. The van der Waals surface area contributed by atoms with E-state index < -0.39 is 0 Å². The lowest BCUT2D eigenvalue weighted by molar-refractivity contribution is -0.115. The first kappa shape index (κ1) is 13.7. The van der Waals surface area contributed by atoms with Crippen molar-refractivity contribution < 1.29 is 4.79 Å². The number of amides is 1. The number of hydrogen-bond acceptors (Lipinski definition) is 3. The van der Waals surface area contributed by atoms with Crippen LogP contribution in [0, 0.1) is 0 Å². The molecule has 0 unspecified atom stereocenters. The summed E-state index contributed by atoms with van der Waals surface area (Å²) in [5.41, 5.74) is 2.56.